The number of hydrogen-bond donors (Lipinski definition) is 0. The lowest BCUT2D eigenvalue weighted by Gasteiger charge is -2.20. The summed E-state index contributed by atoms with van der Waals surface area (Å²) in [6.45, 7) is -0.116. The fraction of sp³-hybridized carbons (Fsp3) is 0.571. The van der Waals surface area contributed by atoms with Crippen molar-refractivity contribution >= 4 is 50.0 Å². The normalized spacial score (nSPS) is 14.2. The molecule has 0 radical (unpaired) electrons. The van der Waals surface area contributed by atoms with E-state index in [1.165, 1.54) is 17.5 Å². The molecule has 1 aliphatic carbocycles. The Labute approximate surface area is 151 Å². The van der Waals surface area contributed by atoms with Crippen LogP contribution in [0, 0.1) is 5.92 Å². The van der Waals surface area contributed by atoms with E-state index in [2.05, 4.69) is 4.98 Å². The van der Waals surface area contributed by atoms with Gasteiger partial charge in [0.1, 0.15) is 16.6 Å². The molecule has 10 heteroatoms. The highest BCUT2D eigenvalue weighted by Gasteiger charge is 2.30. The average molecular weight is 390 g/mol. The van der Waals surface area contributed by atoms with E-state index in [1.807, 2.05) is 0 Å². The van der Waals surface area contributed by atoms with Crippen LogP contribution in [0.1, 0.15) is 18.6 Å². The molecule has 24 heavy (non-hydrogen) atoms. The molecule has 1 heterocycles. The van der Waals surface area contributed by atoms with E-state index in [4.69, 9.17) is 28.9 Å². The molecule has 0 saturated heterocycles. The summed E-state index contributed by atoms with van der Waals surface area (Å²) in [5, 5.41) is 0. The van der Waals surface area contributed by atoms with Gasteiger partial charge in [0, 0.05) is 20.0 Å². The van der Waals surface area contributed by atoms with Gasteiger partial charge in [0.15, 0.2) is 27.8 Å². The van der Waals surface area contributed by atoms with E-state index in [0.29, 0.717) is 21.7 Å². The number of carbonyl (C=O) groups is 1. The van der Waals surface area contributed by atoms with Gasteiger partial charge in [-0.2, -0.15) is 0 Å². The molecular weight excluding hydrogens is 370 g/mol. The number of rotatable bonds is 8. The molecule has 1 saturated carbocycles. The highest BCUT2D eigenvalue weighted by atomic mass is 32.2. The lowest BCUT2D eigenvalue weighted by molar-refractivity contribution is -0.116. The van der Waals surface area contributed by atoms with Gasteiger partial charge in [0.2, 0.25) is 0 Å². The number of oxazole rings is 1. The fourth-order valence-electron chi connectivity index (χ4n) is 2.18. The fourth-order valence-corrected chi connectivity index (χ4v) is 4.13. The van der Waals surface area contributed by atoms with Gasteiger partial charge in [-0.3, -0.25) is 4.79 Å². The lowest BCUT2D eigenvalue weighted by Crippen LogP contribution is -2.38. The van der Waals surface area contributed by atoms with Crippen LogP contribution in [0.25, 0.3) is 0 Å². The second-order valence-electron chi connectivity index (χ2n) is 5.89. The molecule has 7 nitrogen and oxygen atoms in total. The average Bonchev–Trinajstić information content (AvgIpc) is 3.18. The number of ketones is 1. The maximum absolute atomic E-state index is 12.2. The highest BCUT2D eigenvalue weighted by Crippen LogP contribution is 2.31. The third-order valence-corrected chi connectivity index (χ3v) is 6.18. The topological polar surface area (TPSA) is 83.7 Å². The standard InChI is InChI=1S/C14H19N3O4S3/c1-16(14(23)12-5-15-8-21-12)6-11(18)7-24(19,20)9-17(2)13(22)10-3-4-10/h5,8,10H,3-4,6-7,9H2,1-2H3. The maximum Gasteiger partial charge on any atom is 0.181 e. The zero-order valence-electron chi connectivity index (χ0n) is 13.5. The number of likely N-dealkylation sites (N-methyl/N-ethyl adjacent to an activating group) is 1. The maximum atomic E-state index is 12.2. The first-order chi connectivity index (χ1) is 11.2. The third-order valence-electron chi connectivity index (χ3n) is 3.48. The van der Waals surface area contributed by atoms with Crippen LogP contribution in [-0.2, 0) is 14.6 Å². The van der Waals surface area contributed by atoms with E-state index >= 15 is 0 Å². The van der Waals surface area contributed by atoms with E-state index in [1.54, 1.807) is 19.0 Å². The quantitative estimate of drug-likeness (QED) is 0.602. The first-order valence-corrected chi connectivity index (χ1v) is 9.94. The SMILES string of the molecule is CN(CC(=O)CS(=O)(=O)CN(C)C(=S)C1CC1)C(=S)c1cnco1. The Balaban J connectivity index is 1.85. The van der Waals surface area contributed by atoms with Gasteiger partial charge in [-0.05, 0) is 12.8 Å². The Morgan fingerprint density at radius 3 is 2.54 bits per heavy atom. The van der Waals surface area contributed by atoms with Crippen molar-refractivity contribution in [3.63, 3.8) is 0 Å². The van der Waals surface area contributed by atoms with E-state index in [-0.39, 0.29) is 12.4 Å². The molecule has 0 aromatic carbocycles. The number of aromatic nitrogens is 1. The molecule has 0 bridgehead atoms. The van der Waals surface area contributed by atoms with Crippen LogP contribution < -0.4 is 0 Å². The smallest absolute Gasteiger partial charge is 0.181 e. The van der Waals surface area contributed by atoms with Crippen LogP contribution in [0.15, 0.2) is 17.0 Å². The van der Waals surface area contributed by atoms with E-state index < -0.39 is 21.4 Å². The Morgan fingerprint density at radius 2 is 2.00 bits per heavy atom. The molecule has 1 aromatic heterocycles. The molecule has 0 unspecified atom stereocenters. The van der Waals surface area contributed by atoms with Gasteiger partial charge < -0.3 is 14.2 Å². The second-order valence-corrected chi connectivity index (χ2v) is 8.73. The molecule has 0 N–H and O–H groups in total. The first-order valence-electron chi connectivity index (χ1n) is 7.30. The monoisotopic (exact) mass is 389 g/mol. The van der Waals surface area contributed by atoms with Crippen molar-refractivity contribution in [1.82, 2.24) is 14.8 Å². The molecule has 0 atom stereocenters. The van der Waals surface area contributed by atoms with Crippen molar-refractivity contribution in [2.24, 2.45) is 5.92 Å². The minimum Gasteiger partial charge on any atom is -0.441 e. The van der Waals surface area contributed by atoms with Crippen LogP contribution >= 0.6 is 24.4 Å². The molecule has 2 rings (SSSR count). The number of Topliss-reactive ketones (excluding diaryl/α,β-unsaturated/α-hetero) is 1. The lowest BCUT2D eigenvalue weighted by atomic mass is 10.4. The van der Waals surface area contributed by atoms with E-state index in [0.717, 1.165) is 12.8 Å². The summed E-state index contributed by atoms with van der Waals surface area (Å²) >= 11 is 10.4. The number of hydrogen-bond acceptors (Lipinski definition) is 7. The predicted octanol–water partition coefficient (Wildman–Crippen LogP) is 0.893. The Hall–Kier alpha value is -1.39. The third kappa shape index (κ3) is 5.32. The predicted molar refractivity (Wildman–Crippen MR) is 97.6 cm³/mol. The summed E-state index contributed by atoms with van der Waals surface area (Å²) in [7, 11) is -0.325. The van der Waals surface area contributed by atoms with Crippen molar-refractivity contribution in [3.05, 3.63) is 18.4 Å². The van der Waals surface area contributed by atoms with Crippen LogP contribution in [0.3, 0.4) is 0 Å². The van der Waals surface area contributed by atoms with Gasteiger partial charge in [-0.1, -0.05) is 24.4 Å². The molecule has 1 aliphatic rings. The molecular formula is C14H19N3O4S3. The second kappa shape index (κ2) is 7.66. The zero-order chi connectivity index (χ0) is 17.9. The van der Waals surface area contributed by atoms with Crippen LogP contribution in [0.4, 0.5) is 0 Å². The summed E-state index contributed by atoms with van der Waals surface area (Å²) in [6, 6.07) is 0. The summed E-state index contributed by atoms with van der Waals surface area (Å²) in [5.41, 5.74) is 0. The van der Waals surface area contributed by atoms with Crippen molar-refractivity contribution in [2.45, 2.75) is 12.8 Å². The summed E-state index contributed by atoms with van der Waals surface area (Å²) in [5.74, 6) is -0.567. The Morgan fingerprint density at radius 1 is 1.33 bits per heavy atom. The molecule has 1 fully saturated rings. The Kier molecular flexibility index (Phi) is 6.05. The van der Waals surface area contributed by atoms with Crippen molar-refractivity contribution in [2.75, 3.05) is 32.3 Å². The van der Waals surface area contributed by atoms with Gasteiger partial charge in [0.05, 0.1) is 17.7 Å². The van der Waals surface area contributed by atoms with Gasteiger partial charge >= 0.3 is 0 Å². The highest BCUT2D eigenvalue weighted by molar-refractivity contribution is 7.92. The number of nitrogens with zero attached hydrogens (tertiary/aromatic N) is 3. The van der Waals surface area contributed by atoms with Gasteiger partial charge in [-0.25, -0.2) is 13.4 Å². The summed E-state index contributed by atoms with van der Waals surface area (Å²) < 4.78 is 29.4. The molecule has 132 valence electrons. The number of sulfone groups is 1. The van der Waals surface area contributed by atoms with Crippen LogP contribution in [0.2, 0.25) is 0 Å². The number of thiocarbonyl (C=S) groups is 2. The van der Waals surface area contributed by atoms with Gasteiger partial charge in [0.25, 0.3) is 0 Å². The Bertz CT molecular complexity index is 726. The minimum absolute atomic E-state index is 0.116. The molecule has 0 amide bonds. The van der Waals surface area contributed by atoms with Crippen LogP contribution in [0.5, 0.6) is 0 Å². The van der Waals surface area contributed by atoms with Crippen molar-refractivity contribution < 1.29 is 17.6 Å². The van der Waals surface area contributed by atoms with Gasteiger partial charge in [-0.15, -0.1) is 0 Å². The minimum atomic E-state index is -3.57. The molecule has 0 spiro atoms. The largest absolute Gasteiger partial charge is 0.441 e. The first kappa shape index (κ1) is 18.9. The van der Waals surface area contributed by atoms with E-state index in [9.17, 15) is 13.2 Å². The van der Waals surface area contributed by atoms with Crippen molar-refractivity contribution in [1.29, 1.82) is 0 Å². The summed E-state index contributed by atoms with van der Waals surface area (Å²) in [4.78, 5) is 19.8. The van der Waals surface area contributed by atoms with Crippen molar-refractivity contribution in [3.8, 4) is 0 Å². The molecule has 1 aromatic rings. The molecule has 0 aliphatic heterocycles. The van der Waals surface area contributed by atoms with Crippen LogP contribution in [-0.4, -0.2) is 71.2 Å². The zero-order valence-corrected chi connectivity index (χ0v) is 15.9. The number of carbonyl (C=O) groups excluding carboxylic acids is 1. The summed E-state index contributed by atoms with van der Waals surface area (Å²) in [6.07, 6.45) is 4.69.